The zero-order valence-electron chi connectivity index (χ0n) is 12.6. The molecule has 0 radical (unpaired) electrons. The van der Waals surface area contributed by atoms with Gasteiger partial charge in [0.1, 0.15) is 0 Å². The summed E-state index contributed by atoms with van der Waals surface area (Å²) in [6, 6.07) is 7.56. The van der Waals surface area contributed by atoms with Crippen LogP contribution in [0, 0.1) is 0 Å². The Kier molecular flexibility index (Phi) is 3.49. The molecule has 23 heavy (non-hydrogen) atoms. The van der Waals surface area contributed by atoms with E-state index in [-0.39, 0.29) is 11.8 Å². The molecule has 4 heterocycles. The van der Waals surface area contributed by atoms with E-state index >= 15 is 0 Å². The lowest BCUT2D eigenvalue weighted by molar-refractivity contribution is 0.0706. The molecule has 0 aromatic carbocycles. The normalized spacial score (nSPS) is 18.3. The first kappa shape index (κ1) is 13.9. The monoisotopic (exact) mass is 307 g/mol. The zero-order valence-corrected chi connectivity index (χ0v) is 12.6. The lowest BCUT2D eigenvalue weighted by Crippen LogP contribution is -2.39. The molecule has 1 amide bonds. The van der Waals surface area contributed by atoms with Gasteiger partial charge in [-0.3, -0.25) is 14.9 Å². The minimum atomic E-state index is 0.0461. The van der Waals surface area contributed by atoms with E-state index < -0.39 is 0 Å². The predicted molar refractivity (Wildman–Crippen MR) is 86.0 cm³/mol. The lowest BCUT2D eigenvalue weighted by atomic mass is 9.93. The summed E-state index contributed by atoms with van der Waals surface area (Å²) in [5.74, 6) is 0.309. The number of fused-ring (bicyclic) bond motifs is 1. The number of amides is 1. The Hall–Kier alpha value is -2.76. The first-order valence-corrected chi connectivity index (χ1v) is 7.81. The van der Waals surface area contributed by atoms with Gasteiger partial charge < -0.3 is 4.90 Å². The van der Waals surface area contributed by atoms with Crippen molar-refractivity contribution in [3.05, 3.63) is 54.1 Å². The molecule has 4 rings (SSSR count). The van der Waals surface area contributed by atoms with Crippen LogP contribution < -0.4 is 0 Å². The molecular weight excluding hydrogens is 290 g/mol. The molecule has 1 N–H and O–H groups in total. The fourth-order valence-electron chi connectivity index (χ4n) is 3.25. The number of rotatable bonds is 2. The van der Waals surface area contributed by atoms with Crippen LogP contribution in [0.5, 0.6) is 0 Å². The largest absolute Gasteiger partial charge is 0.338 e. The first-order chi connectivity index (χ1) is 11.3. The average molecular weight is 307 g/mol. The lowest BCUT2D eigenvalue weighted by Gasteiger charge is -2.32. The van der Waals surface area contributed by atoms with Crippen molar-refractivity contribution >= 4 is 16.9 Å². The van der Waals surface area contributed by atoms with Crippen molar-refractivity contribution in [2.45, 2.75) is 18.8 Å². The molecule has 0 spiro atoms. The maximum absolute atomic E-state index is 12.6. The van der Waals surface area contributed by atoms with E-state index in [1.807, 2.05) is 23.1 Å². The smallest absolute Gasteiger partial charge is 0.255 e. The van der Waals surface area contributed by atoms with Crippen LogP contribution in [0.4, 0.5) is 0 Å². The molecule has 1 saturated heterocycles. The summed E-state index contributed by atoms with van der Waals surface area (Å²) in [6.45, 7) is 1.48. The predicted octanol–water partition coefficient (Wildman–Crippen LogP) is 2.37. The van der Waals surface area contributed by atoms with Crippen molar-refractivity contribution in [1.29, 1.82) is 0 Å². The number of nitrogens with zero attached hydrogens (tertiary/aromatic N) is 4. The van der Waals surface area contributed by atoms with Crippen LogP contribution in [0.15, 0.2) is 42.9 Å². The van der Waals surface area contributed by atoms with Crippen LogP contribution in [-0.2, 0) is 0 Å². The van der Waals surface area contributed by atoms with Crippen LogP contribution in [0.2, 0.25) is 0 Å². The van der Waals surface area contributed by atoms with Gasteiger partial charge in [0, 0.05) is 48.7 Å². The number of hydrogen-bond acceptors (Lipinski definition) is 4. The van der Waals surface area contributed by atoms with Crippen LogP contribution in [0.3, 0.4) is 0 Å². The molecule has 0 aliphatic carbocycles. The fourth-order valence-corrected chi connectivity index (χ4v) is 3.25. The van der Waals surface area contributed by atoms with E-state index in [4.69, 9.17) is 0 Å². The number of aromatic amines is 1. The van der Waals surface area contributed by atoms with Crippen molar-refractivity contribution in [2.75, 3.05) is 13.1 Å². The molecule has 1 fully saturated rings. The summed E-state index contributed by atoms with van der Waals surface area (Å²) in [5.41, 5.74) is 2.46. The highest BCUT2D eigenvalue weighted by Gasteiger charge is 2.27. The standard InChI is InChI=1S/C17H17N5O/c23-17(12-4-1-7-18-10-12)22-9-3-5-13(11-22)15-14-6-2-8-19-16(14)21-20-15/h1-2,4,6-8,10,13H,3,5,9,11H2,(H,19,20,21)/t13-/m0/s1. The summed E-state index contributed by atoms with van der Waals surface area (Å²) in [7, 11) is 0. The second-order valence-electron chi connectivity index (χ2n) is 5.84. The third-order valence-corrected chi connectivity index (χ3v) is 4.38. The van der Waals surface area contributed by atoms with Gasteiger partial charge in [0.15, 0.2) is 5.65 Å². The number of H-pyrrole nitrogens is 1. The molecule has 1 atom stereocenters. The van der Waals surface area contributed by atoms with Crippen molar-refractivity contribution < 1.29 is 4.79 Å². The van der Waals surface area contributed by atoms with E-state index in [1.54, 1.807) is 24.7 Å². The van der Waals surface area contributed by atoms with Crippen LogP contribution >= 0.6 is 0 Å². The van der Waals surface area contributed by atoms with Crippen molar-refractivity contribution in [2.24, 2.45) is 0 Å². The number of hydrogen-bond donors (Lipinski definition) is 1. The summed E-state index contributed by atoms with van der Waals surface area (Å²) in [5, 5.41) is 8.44. The summed E-state index contributed by atoms with van der Waals surface area (Å²) in [4.78, 5) is 22.8. The van der Waals surface area contributed by atoms with E-state index in [0.29, 0.717) is 12.1 Å². The number of likely N-dealkylation sites (tertiary alicyclic amines) is 1. The van der Waals surface area contributed by atoms with Gasteiger partial charge in [-0.05, 0) is 37.1 Å². The Labute approximate surface area is 133 Å². The minimum absolute atomic E-state index is 0.0461. The molecule has 116 valence electrons. The highest BCUT2D eigenvalue weighted by atomic mass is 16.2. The van der Waals surface area contributed by atoms with E-state index in [2.05, 4.69) is 20.2 Å². The molecule has 0 saturated carbocycles. The molecule has 3 aromatic heterocycles. The van der Waals surface area contributed by atoms with Gasteiger partial charge in [-0.1, -0.05) is 0 Å². The molecule has 6 heteroatoms. The van der Waals surface area contributed by atoms with E-state index in [1.165, 1.54) is 0 Å². The number of pyridine rings is 2. The summed E-state index contributed by atoms with van der Waals surface area (Å²) >= 11 is 0. The van der Waals surface area contributed by atoms with E-state index in [0.717, 1.165) is 36.1 Å². The van der Waals surface area contributed by atoms with Crippen LogP contribution in [0.25, 0.3) is 11.0 Å². The van der Waals surface area contributed by atoms with Gasteiger partial charge in [-0.15, -0.1) is 0 Å². The highest BCUT2D eigenvalue weighted by molar-refractivity contribution is 5.94. The van der Waals surface area contributed by atoms with Crippen molar-refractivity contribution in [3.63, 3.8) is 0 Å². The Balaban J connectivity index is 1.59. The van der Waals surface area contributed by atoms with Gasteiger partial charge in [-0.25, -0.2) is 4.98 Å². The molecule has 6 nitrogen and oxygen atoms in total. The zero-order chi connectivity index (χ0) is 15.6. The first-order valence-electron chi connectivity index (χ1n) is 7.81. The van der Waals surface area contributed by atoms with Gasteiger partial charge in [0.2, 0.25) is 0 Å². The Morgan fingerprint density at radius 3 is 3.04 bits per heavy atom. The summed E-state index contributed by atoms with van der Waals surface area (Å²) < 4.78 is 0. The van der Waals surface area contributed by atoms with Crippen molar-refractivity contribution in [1.82, 2.24) is 25.1 Å². The third kappa shape index (κ3) is 2.56. The van der Waals surface area contributed by atoms with Crippen molar-refractivity contribution in [3.8, 4) is 0 Å². The van der Waals surface area contributed by atoms with Crippen LogP contribution in [0.1, 0.15) is 34.8 Å². The third-order valence-electron chi connectivity index (χ3n) is 4.38. The minimum Gasteiger partial charge on any atom is -0.338 e. The Morgan fingerprint density at radius 2 is 2.17 bits per heavy atom. The molecule has 1 aliphatic heterocycles. The molecule has 3 aromatic rings. The number of piperidine rings is 1. The molecule has 0 unspecified atom stereocenters. The highest BCUT2D eigenvalue weighted by Crippen LogP contribution is 2.30. The topological polar surface area (TPSA) is 74.8 Å². The van der Waals surface area contributed by atoms with Gasteiger partial charge in [0.05, 0.1) is 5.56 Å². The number of carbonyl (C=O) groups is 1. The van der Waals surface area contributed by atoms with Crippen LogP contribution in [-0.4, -0.2) is 44.1 Å². The van der Waals surface area contributed by atoms with Gasteiger partial charge in [-0.2, -0.15) is 5.10 Å². The molecule has 0 bridgehead atoms. The second-order valence-corrected chi connectivity index (χ2v) is 5.84. The fraction of sp³-hybridized carbons (Fsp3) is 0.294. The maximum Gasteiger partial charge on any atom is 0.255 e. The molecule has 1 aliphatic rings. The van der Waals surface area contributed by atoms with Gasteiger partial charge in [0.25, 0.3) is 5.91 Å². The SMILES string of the molecule is O=C(c1cccnc1)N1CCC[C@H](c2[nH]nc3ncccc23)C1. The number of aromatic nitrogens is 4. The van der Waals surface area contributed by atoms with E-state index in [9.17, 15) is 4.79 Å². The number of carbonyl (C=O) groups excluding carboxylic acids is 1. The Bertz CT molecular complexity index is 829. The number of nitrogens with one attached hydrogen (secondary N) is 1. The van der Waals surface area contributed by atoms with Gasteiger partial charge >= 0.3 is 0 Å². The second kappa shape index (κ2) is 5.79. The Morgan fingerprint density at radius 1 is 1.26 bits per heavy atom. The summed E-state index contributed by atoms with van der Waals surface area (Å²) in [6.07, 6.45) is 7.08. The quantitative estimate of drug-likeness (QED) is 0.788. The molecular formula is C17H17N5O. The maximum atomic E-state index is 12.6. The average Bonchev–Trinajstić information content (AvgIpc) is 3.06.